The lowest BCUT2D eigenvalue weighted by Gasteiger charge is -2.27. The molecule has 0 unspecified atom stereocenters. The van der Waals surface area contributed by atoms with Crippen LogP contribution in [0.1, 0.15) is 43.0 Å². The number of urea groups is 1. The minimum absolute atomic E-state index is 0.0625. The summed E-state index contributed by atoms with van der Waals surface area (Å²) in [5.74, 6) is -0.570. The van der Waals surface area contributed by atoms with Crippen molar-refractivity contribution in [1.29, 1.82) is 0 Å². The highest BCUT2D eigenvalue weighted by Crippen LogP contribution is 2.27. The van der Waals surface area contributed by atoms with Crippen molar-refractivity contribution in [2.24, 2.45) is 0 Å². The topological polar surface area (TPSA) is 99.2 Å². The summed E-state index contributed by atoms with van der Waals surface area (Å²) in [5, 5.41) is 11.5. The maximum absolute atomic E-state index is 12.7. The number of anilines is 1. The Bertz CT molecular complexity index is 686. The first kappa shape index (κ1) is 20.5. The minimum Gasteiger partial charge on any atom is -0.492 e. The Labute approximate surface area is 159 Å². The molecule has 1 saturated heterocycles. The molecule has 0 saturated carbocycles. The van der Waals surface area contributed by atoms with Gasteiger partial charge in [-0.3, -0.25) is 9.59 Å². The molecular weight excluding hydrogens is 350 g/mol. The molecule has 0 aliphatic carbocycles. The monoisotopic (exact) mass is 377 g/mol. The van der Waals surface area contributed by atoms with Crippen molar-refractivity contribution in [1.82, 2.24) is 9.80 Å². The lowest BCUT2D eigenvalue weighted by molar-refractivity contribution is -0.137. The molecule has 1 aliphatic rings. The molecule has 1 aromatic carbocycles. The van der Waals surface area contributed by atoms with Gasteiger partial charge in [0.15, 0.2) is 0 Å². The molecule has 0 spiro atoms. The molecule has 1 aromatic rings. The van der Waals surface area contributed by atoms with E-state index in [1.165, 1.54) is 11.9 Å². The number of carboxylic acid groups (broad SMARTS) is 1. The molecule has 148 valence electrons. The van der Waals surface area contributed by atoms with Crippen molar-refractivity contribution >= 4 is 23.6 Å². The second kappa shape index (κ2) is 9.80. The number of hydrogen-bond donors (Lipinski definition) is 2. The Balaban J connectivity index is 2.15. The summed E-state index contributed by atoms with van der Waals surface area (Å²) in [6, 6.07) is 4.53. The quantitative estimate of drug-likeness (QED) is 0.761. The van der Waals surface area contributed by atoms with Crippen molar-refractivity contribution < 1.29 is 24.2 Å². The molecule has 3 amide bonds. The molecule has 27 heavy (non-hydrogen) atoms. The number of piperidine rings is 1. The number of likely N-dealkylation sites (tertiary alicyclic amines) is 1. The number of amides is 3. The Morgan fingerprint density at radius 2 is 1.93 bits per heavy atom. The van der Waals surface area contributed by atoms with Gasteiger partial charge in [-0.2, -0.15) is 0 Å². The van der Waals surface area contributed by atoms with E-state index in [1.807, 2.05) is 11.8 Å². The van der Waals surface area contributed by atoms with Gasteiger partial charge in [-0.1, -0.05) is 0 Å². The lowest BCUT2D eigenvalue weighted by Crippen LogP contribution is -2.36. The standard InChI is InChI=1S/C19H27N3O5/c1-3-27-16-8-7-14(18(25)22-10-5-4-6-11-22)13-15(16)20-19(26)21(2)12-9-17(23)24/h7-8,13H,3-6,9-12H2,1-2H3,(H,20,26)(H,23,24). The fourth-order valence-electron chi connectivity index (χ4n) is 2.90. The number of benzene rings is 1. The highest BCUT2D eigenvalue weighted by atomic mass is 16.5. The van der Waals surface area contributed by atoms with Crippen LogP contribution in [0.5, 0.6) is 5.75 Å². The summed E-state index contributed by atoms with van der Waals surface area (Å²) >= 11 is 0. The van der Waals surface area contributed by atoms with E-state index in [0.717, 1.165) is 32.4 Å². The lowest BCUT2D eigenvalue weighted by atomic mass is 10.1. The van der Waals surface area contributed by atoms with E-state index >= 15 is 0 Å². The first-order chi connectivity index (χ1) is 12.9. The number of nitrogens with one attached hydrogen (secondary N) is 1. The van der Waals surface area contributed by atoms with Gasteiger partial charge < -0.3 is 25.0 Å². The summed E-state index contributed by atoms with van der Waals surface area (Å²) in [5.41, 5.74) is 0.885. The van der Waals surface area contributed by atoms with Crippen LogP contribution in [-0.4, -0.2) is 66.1 Å². The van der Waals surface area contributed by atoms with E-state index < -0.39 is 12.0 Å². The van der Waals surface area contributed by atoms with Crippen LogP contribution >= 0.6 is 0 Å². The molecule has 2 N–H and O–H groups in total. The molecule has 1 heterocycles. The number of carbonyl (C=O) groups is 3. The molecule has 1 fully saturated rings. The second-order valence-corrected chi connectivity index (χ2v) is 6.49. The normalized spacial score (nSPS) is 13.8. The molecule has 0 atom stereocenters. The van der Waals surface area contributed by atoms with Crippen molar-refractivity contribution in [3.63, 3.8) is 0 Å². The van der Waals surface area contributed by atoms with E-state index in [2.05, 4.69) is 5.32 Å². The van der Waals surface area contributed by atoms with E-state index in [0.29, 0.717) is 23.6 Å². The Morgan fingerprint density at radius 3 is 2.56 bits per heavy atom. The van der Waals surface area contributed by atoms with Gasteiger partial charge in [0.05, 0.1) is 18.7 Å². The maximum atomic E-state index is 12.7. The predicted molar refractivity (Wildman–Crippen MR) is 101 cm³/mol. The molecule has 0 aromatic heterocycles. The summed E-state index contributed by atoms with van der Waals surface area (Å²) in [6.45, 7) is 3.81. The summed E-state index contributed by atoms with van der Waals surface area (Å²) in [6.07, 6.45) is 2.99. The first-order valence-corrected chi connectivity index (χ1v) is 9.22. The third-order valence-electron chi connectivity index (χ3n) is 4.42. The molecule has 8 nitrogen and oxygen atoms in total. The second-order valence-electron chi connectivity index (χ2n) is 6.49. The predicted octanol–water partition coefficient (Wildman–Crippen LogP) is 2.65. The van der Waals surface area contributed by atoms with Crippen LogP contribution in [0.2, 0.25) is 0 Å². The molecular formula is C19H27N3O5. The third kappa shape index (κ3) is 5.87. The van der Waals surface area contributed by atoms with Gasteiger partial charge in [0.1, 0.15) is 5.75 Å². The van der Waals surface area contributed by atoms with Gasteiger partial charge in [-0.05, 0) is 44.4 Å². The van der Waals surface area contributed by atoms with E-state index in [1.54, 1.807) is 18.2 Å². The van der Waals surface area contributed by atoms with Gasteiger partial charge in [0.2, 0.25) is 0 Å². The van der Waals surface area contributed by atoms with Crippen LogP contribution in [0.3, 0.4) is 0 Å². The summed E-state index contributed by atoms with van der Waals surface area (Å²) in [4.78, 5) is 38.8. The summed E-state index contributed by atoms with van der Waals surface area (Å²) < 4.78 is 5.54. The molecule has 0 bridgehead atoms. The molecule has 2 rings (SSSR count). The van der Waals surface area contributed by atoms with Gasteiger partial charge in [0.25, 0.3) is 5.91 Å². The molecule has 1 aliphatic heterocycles. The smallest absolute Gasteiger partial charge is 0.321 e. The Morgan fingerprint density at radius 1 is 1.22 bits per heavy atom. The highest BCUT2D eigenvalue weighted by molar-refractivity contribution is 5.98. The van der Waals surface area contributed by atoms with Gasteiger partial charge in [-0.15, -0.1) is 0 Å². The van der Waals surface area contributed by atoms with Crippen molar-refractivity contribution in [2.75, 3.05) is 38.6 Å². The highest BCUT2D eigenvalue weighted by Gasteiger charge is 2.20. The van der Waals surface area contributed by atoms with Crippen LogP contribution in [0.25, 0.3) is 0 Å². The van der Waals surface area contributed by atoms with E-state index in [-0.39, 0.29) is 18.9 Å². The fourth-order valence-corrected chi connectivity index (χ4v) is 2.90. The average Bonchev–Trinajstić information content (AvgIpc) is 2.67. The van der Waals surface area contributed by atoms with Crippen molar-refractivity contribution in [3.05, 3.63) is 23.8 Å². The summed E-state index contributed by atoms with van der Waals surface area (Å²) in [7, 11) is 1.52. The maximum Gasteiger partial charge on any atom is 0.321 e. The fraction of sp³-hybridized carbons (Fsp3) is 0.526. The molecule has 8 heteroatoms. The average molecular weight is 377 g/mol. The number of carboxylic acids is 1. The molecule has 0 radical (unpaired) electrons. The first-order valence-electron chi connectivity index (χ1n) is 9.22. The van der Waals surface area contributed by atoms with Crippen LogP contribution in [0.4, 0.5) is 10.5 Å². The largest absolute Gasteiger partial charge is 0.492 e. The number of rotatable bonds is 7. The van der Waals surface area contributed by atoms with Gasteiger partial charge in [0, 0.05) is 32.2 Å². The number of aliphatic carboxylic acids is 1. The van der Waals surface area contributed by atoms with Crippen molar-refractivity contribution in [3.8, 4) is 5.75 Å². The van der Waals surface area contributed by atoms with E-state index in [4.69, 9.17) is 9.84 Å². The number of nitrogens with zero attached hydrogens (tertiary/aromatic N) is 2. The number of hydrogen-bond acceptors (Lipinski definition) is 4. The van der Waals surface area contributed by atoms with Gasteiger partial charge in [-0.25, -0.2) is 4.79 Å². The Kier molecular flexibility index (Phi) is 7.45. The van der Waals surface area contributed by atoms with Crippen LogP contribution in [0, 0.1) is 0 Å². The third-order valence-corrected chi connectivity index (χ3v) is 4.42. The zero-order valence-corrected chi connectivity index (χ0v) is 15.9. The van der Waals surface area contributed by atoms with E-state index in [9.17, 15) is 14.4 Å². The van der Waals surface area contributed by atoms with Crippen LogP contribution < -0.4 is 10.1 Å². The Hall–Kier alpha value is -2.77. The zero-order valence-electron chi connectivity index (χ0n) is 15.9. The van der Waals surface area contributed by atoms with Crippen molar-refractivity contribution in [2.45, 2.75) is 32.6 Å². The SMILES string of the molecule is CCOc1ccc(C(=O)N2CCCCC2)cc1NC(=O)N(C)CCC(=O)O. The number of ether oxygens (including phenoxy) is 1. The van der Waals surface area contributed by atoms with Crippen LogP contribution in [-0.2, 0) is 4.79 Å². The van der Waals surface area contributed by atoms with Gasteiger partial charge >= 0.3 is 12.0 Å². The zero-order chi connectivity index (χ0) is 19.8. The number of carbonyl (C=O) groups excluding carboxylic acids is 2. The minimum atomic E-state index is -0.973. The van der Waals surface area contributed by atoms with Crippen LogP contribution in [0.15, 0.2) is 18.2 Å².